The van der Waals surface area contributed by atoms with Crippen LogP contribution in [0.25, 0.3) is 10.8 Å². The summed E-state index contributed by atoms with van der Waals surface area (Å²) in [6.07, 6.45) is 0. The first-order valence-corrected chi connectivity index (χ1v) is 10.6. The first-order valence-electron chi connectivity index (χ1n) is 9.74. The maximum atomic E-state index is 12.9. The minimum Gasteiger partial charge on any atom is -0.434 e. The number of thiophene rings is 1. The summed E-state index contributed by atoms with van der Waals surface area (Å²) < 4.78 is 36.1. The van der Waals surface area contributed by atoms with Gasteiger partial charge in [0, 0.05) is 36.6 Å². The number of halogens is 2. The molecule has 4 nitrogen and oxygen atoms in total. The molecule has 1 aromatic heterocycles. The molecule has 2 heterocycles. The second-order valence-electron chi connectivity index (χ2n) is 6.95. The second-order valence-corrected chi connectivity index (χ2v) is 7.93. The summed E-state index contributed by atoms with van der Waals surface area (Å²) in [4.78, 5) is 3.71. The number of fused-ring (bicyclic) bond motifs is 1. The van der Waals surface area contributed by atoms with Crippen molar-refractivity contribution in [1.29, 1.82) is 0 Å². The molecule has 1 aliphatic heterocycles. The lowest BCUT2D eigenvalue weighted by atomic mass is 10.0. The Morgan fingerprint density at radius 3 is 2.66 bits per heavy atom. The zero-order valence-electron chi connectivity index (χ0n) is 16.0. The van der Waals surface area contributed by atoms with Crippen molar-refractivity contribution in [1.82, 2.24) is 10.2 Å². The van der Waals surface area contributed by atoms with Crippen molar-refractivity contribution in [3.05, 3.63) is 64.4 Å². The van der Waals surface area contributed by atoms with Crippen LogP contribution in [-0.4, -0.2) is 44.4 Å². The second kappa shape index (κ2) is 9.63. The van der Waals surface area contributed by atoms with Crippen molar-refractivity contribution in [2.75, 3.05) is 32.8 Å². The van der Waals surface area contributed by atoms with Crippen molar-refractivity contribution in [3.8, 4) is 5.75 Å². The van der Waals surface area contributed by atoms with Crippen LogP contribution in [0.1, 0.15) is 16.5 Å². The number of nitrogens with one attached hydrogen (secondary N) is 1. The van der Waals surface area contributed by atoms with Crippen LogP contribution >= 0.6 is 11.3 Å². The van der Waals surface area contributed by atoms with Gasteiger partial charge >= 0.3 is 6.61 Å². The van der Waals surface area contributed by atoms with Gasteiger partial charge in [0.25, 0.3) is 0 Å². The molecule has 4 rings (SSSR count). The minimum absolute atomic E-state index is 0.227. The van der Waals surface area contributed by atoms with E-state index in [1.807, 2.05) is 30.3 Å². The molecule has 2 aromatic carbocycles. The van der Waals surface area contributed by atoms with Crippen LogP contribution in [0.5, 0.6) is 5.75 Å². The van der Waals surface area contributed by atoms with E-state index in [9.17, 15) is 8.78 Å². The van der Waals surface area contributed by atoms with Crippen LogP contribution in [0.3, 0.4) is 0 Å². The van der Waals surface area contributed by atoms with E-state index >= 15 is 0 Å². The highest BCUT2D eigenvalue weighted by atomic mass is 32.1. The number of alkyl halides is 2. The molecule has 154 valence electrons. The van der Waals surface area contributed by atoms with Gasteiger partial charge in [-0.15, -0.1) is 11.3 Å². The van der Waals surface area contributed by atoms with Crippen LogP contribution in [0.4, 0.5) is 8.78 Å². The zero-order valence-corrected chi connectivity index (χ0v) is 16.8. The largest absolute Gasteiger partial charge is 0.434 e. The Morgan fingerprint density at radius 1 is 1.07 bits per heavy atom. The van der Waals surface area contributed by atoms with Gasteiger partial charge in [-0.1, -0.05) is 36.4 Å². The van der Waals surface area contributed by atoms with Gasteiger partial charge in [0.1, 0.15) is 5.75 Å². The summed E-state index contributed by atoms with van der Waals surface area (Å²) in [5.41, 5.74) is 0.760. The molecule has 1 saturated heterocycles. The lowest BCUT2D eigenvalue weighted by molar-refractivity contribution is -0.0503. The summed E-state index contributed by atoms with van der Waals surface area (Å²) >= 11 is 1.74. The van der Waals surface area contributed by atoms with Crippen molar-refractivity contribution in [3.63, 3.8) is 0 Å². The Labute approximate surface area is 173 Å². The normalized spacial score (nSPS) is 16.4. The van der Waals surface area contributed by atoms with E-state index in [2.05, 4.69) is 27.7 Å². The molecule has 0 saturated carbocycles. The predicted molar refractivity (Wildman–Crippen MR) is 112 cm³/mol. The van der Waals surface area contributed by atoms with E-state index < -0.39 is 6.61 Å². The van der Waals surface area contributed by atoms with Gasteiger partial charge in [0.2, 0.25) is 0 Å². The van der Waals surface area contributed by atoms with Gasteiger partial charge in [0.05, 0.1) is 19.3 Å². The van der Waals surface area contributed by atoms with E-state index in [-0.39, 0.29) is 11.8 Å². The molecule has 0 bridgehead atoms. The molecule has 1 atom stereocenters. The average Bonchev–Trinajstić information content (AvgIpc) is 3.27. The Bertz CT molecular complexity index is 914. The molecule has 1 fully saturated rings. The molecule has 7 heteroatoms. The van der Waals surface area contributed by atoms with Crippen molar-refractivity contribution in [2.45, 2.75) is 19.2 Å². The number of morpholine rings is 1. The van der Waals surface area contributed by atoms with Crippen molar-refractivity contribution >= 4 is 22.1 Å². The smallest absolute Gasteiger partial charge is 0.387 e. The number of nitrogens with zero attached hydrogens (tertiary/aromatic N) is 1. The molecule has 0 aliphatic carbocycles. The van der Waals surface area contributed by atoms with Crippen LogP contribution in [0.15, 0.2) is 53.9 Å². The molecule has 1 N–H and O–H groups in total. The molecule has 0 spiro atoms. The summed E-state index contributed by atoms with van der Waals surface area (Å²) in [5.74, 6) is 0.227. The summed E-state index contributed by atoms with van der Waals surface area (Å²) in [6.45, 7) is 1.57. The average molecular weight is 419 g/mol. The van der Waals surface area contributed by atoms with Gasteiger partial charge in [-0.05, 0) is 28.3 Å². The van der Waals surface area contributed by atoms with Crippen LogP contribution in [-0.2, 0) is 11.3 Å². The third-order valence-corrected chi connectivity index (χ3v) is 6.18. The first-order chi connectivity index (χ1) is 14.2. The van der Waals surface area contributed by atoms with E-state index in [0.717, 1.165) is 49.2 Å². The highest BCUT2D eigenvalue weighted by Gasteiger charge is 2.23. The first kappa shape index (κ1) is 20.2. The minimum atomic E-state index is -2.85. The van der Waals surface area contributed by atoms with Crippen molar-refractivity contribution in [2.24, 2.45) is 0 Å². The van der Waals surface area contributed by atoms with E-state index in [1.54, 1.807) is 17.4 Å². The summed E-state index contributed by atoms with van der Waals surface area (Å²) in [7, 11) is 0. The van der Waals surface area contributed by atoms with Gasteiger partial charge in [-0.25, -0.2) is 0 Å². The monoisotopic (exact) mass is 418 g/mol. The number of hydrogen-bond donors (Lipinski definition) is 1. The molecular weight excluding hydrogens is 394 g/mol. The van der Waals surface area contributed by atoms with E-state index in [1.165, 1.54) is 4.88 Å². The Kier molecular flexibility index (Phi) is 6.71. The molecule has 1 aliphatic rings. The fourth-order valence-corrected chi connectivity index (χ4v) is 4.68. The number of rotatable bonds is 8. The molecule has 29 heavy (non-hydrogen) atoms. The topological polar surface area (TPSA) is 33.7 Å². The van der Waals surface area contributed by atoms with Crippen LogP contribution in [0.2, 0.25) is 0 Å². The quantitative estimate of drug-likeness (QED) is 0.577. The summed E-state index contributed by atoms with van der Waals surface area (Å²) in [5, 5.41) is 7.51. The van der Waals surface area contributed by atoms with Crippen molar-refractivity contribution < 1.29 is 18.3 Å². The molecule has 3 aromatic rings. The lowest BCUT2D eigenvalue weighted by Gasteiger charge is -2.34. The predicted octanol–water partition coefficient (Wildman–Crippen LogP) is 4.67. The molecular formula is C22H24F2N2O2S. The fraction of sp³-hybridized carbons (Fsp3) is 0.364. The Hall–Kier alpha value is -2.06. The van der Waals surface area contributed by atoms with E-state index in [0.29, 0.717) is 6.54 Å². The maximum Gasteiger partial charge on any atom is 0.387 e. The molecule has 0 unspecified atom stereocenters. The number of ether oxygens (including phenoxy) is 2. The third kappa shape index (κ3) is 4.93. The highest BCUT2D eigenvalue weighted by molar-refractivity contribution is 7.10. The van der Waals surface area contributed by atoms with Crippen LogP contribution in [0, 0.1) is 0 Å². The third-order valence-electron chi connectivity index (χ3n) is 5.21. The van der Waals surface area contributed by atoms with Gasteiger partial charge in [-0.3, -0.25) is 4.90 Å². The van der Waals surface area contributed by atoms with Gasteiger partial charge in [-0.2, -0.15) is 8.78 Å². The lowest BCUT2D eigenvalue weighted by Crippen LogP contribution is -2.42. The zero-order chi connectivity index (χ0) is 20.1. The SMILES string of the molecule is FC(F)Oc1ccc2ccccc2c1CNC[C@H](c1cccs1)N1CCOCC1. The Morgan fingerprint density at radius 2 is 1.90 bits per heavy atom. The molecule has 0 amide bonds. The van der Waals surface area contributed by atoms with Gasteiger partial charge in [0.15, 0.2) is 0 Å². The van der Waals surface area contributed by atoms with Crippen LogP contribution < -0.4 is 10.1 Å². The van der Waals surface area contributed by atoms with E-state index in [4.69, 9.17) is 9.47 Å². The number of benzene rings is 2. The highest BCUT2D eigenvalue weighted by Crippen LogP contribution is 2.30. The Balaban J connectivity index is 1.53. The maximum absolute atomic E-state index is 12.9. The number of hydrogen-bond acceptors (Lipinski definition) is 5. The van der Waals surface area contributed by atoms with Gasteiger partial charge < -0.3 is 14.8 Å². The molecule has 0 radical (unpaired) electrons. The fourth-order valence-electron chi connectivity index (χ4n) is 3.82. The summed E-state index contributed by atoms with van der Waals surface area (Å²) in [6, 6.07) is 15.7. The standard InChI is InChI=1S/C22H24F2N2O2S/c23-22(24)28-20-8-7-16-4-1-2-5-17(16)18(20)14-25-15-19(21-6-3-13-29-21)26-9-11-27-12-10-26/h1-8,13,19,22,25H,9-12,14-15H2/t19-/m1/s1.